The Kier molecular flexibility index (Phi) is 10.2. The van der Waals surface area contributed by atoms with Crippen molar-refractivity contribution in [2.45, 2.75) is 31.0 Å². The third-order valence-corrected chi connectivity index (χ3v) is 8.92. The molecule has 10 nitrogen and oxygen atoms in total. The van der Waals surface area contributed by atoms with Crippen LogP contribution >= 0.6 is 23.4 Å². The van der Waals surface area contributed by atoms with Crippen LogP contribution in [-0.2, 0) is 21.7 Å². The van der Waals surface area contributed by atoms with Crippen molar-refractivity contribution in [1.82, 2.24) is 29.5 Å². The normalized spacial score (nSPS) is 19.5. The molecule has 0 aliphatic carbocycles. The Morgan fingerprint density at radius 2 is 1.82 bits per heavy atom. The third-order valence-electron chi connectivity index (χ3n) is 7.76. The smallest absolute Gasteiger partial charge is 0.293 e. The maximum Gasteiger partial charge on any atom is 0.293 e. The van der Waals surface area contributed by atoms with E-state index in [0.717, 1.165) is 35.7 Å². The molecule has 2 aliphatic heterocycles. The molecular formula is C30H31ClF2N6O4S. The number of rotatable bonds is 12. The highest BCUT2D eigenvalue weighted by molar-refractivity contribution is 8.18. The number of imide groups is 1. The lowest BCUT2D eigenvalue weighted by Gasteiger charge is -2.41. The van der Waals surface area contributed by atoms with Crippen molar-refractivity contribution in [2.75, 3.05) is 39.3 Å². The lowest BCUT2D eigenvalue weighted by Crippen LogP contribution is -2.54. The largest absolute Gasteiger partial charge is 0.382 e. The summed E-state index contributed by atoms with van der Waals surface area (Å²) in [5, 5.41) is 15.9. The minimum Gasteiger partial charge on any atom is -0.382 e. The Morgan fingerprint density at radius 1 is 1.07 bits per heavy atom. The predicted molar refractivity (Wildman–Crippen MR) is 162 cm³/mol. The van der Waals surface area contributed by atoms with E-state index in [0.29, 0.717) is 48.9 Å². The number of piperazine rings is 1. The SMILES string of the molecule is O=CC(CCCN1C(=O)SC(=Cc2ccc(Cl)cc2)C1=O)N1CCN(CC(O)(Cn2cncn2)c2ccc(F)cc2F)CC1. The van der Waals surface area contributed by atoms with E-state index >= 15 is 0 Å². The number of halogens is 3. The van der Waals surface area contributed by atoms with Gasteiger partial charge in [0.25, 0.3) is 11.1 Å². The summed E-state index contributed by atoms with van der Waals surface area (Å²) >= 11 is 6.81. The van der Waals surface area contributed by atoms with Crippen LogP contribution in [0.5, 0.6) is 0 Å². The Morgan fingerprint density at radius 3 is 2.48 bits per heavy atom. The molecular weight excluding hydrogens is 614 g/mol. The number of hydrogen-bond donors (Lipinski definition) is 1. The zero-order valence-corrected chi connectivity index (χ0v) is 25.3. The molecule has 2 aromatic carbocycles. The summed E-state index contributed by atoms with van der Waals surface area (Å²) in [5.41, 5.74) is -0.997. The second-order valence-electron chi connectivity index (χ2n) is 10.8. The molecule has 2 saturated heterocycles. The summed E-state index contributed by atoms with van der Waals surface area (Å²) in [7, 11) is 0. The van der Waals surface area contributed by atoms with Crippen LogP contribution in [0.2, 0.25) is 5.02 Å². The molecule has 44 heavy (non-hydrogen) atoms. The van der Waals surface area contributed by atoms with Crippen LogP contribution < -0.4 is 0 Å². The number of aliphatic hydroxyl groups is 1. The van der Waals surface area contributed by atoms with Crippen molar-refractivity contribution < 1.29 is 28.3 Å². The summed E-state index contributed by atoms with van der Waals surface area (Å²) in [6.07, 6.45) is 6.17. The number of amides is 2. The summed E-state index contributed by atoms with van der Waals surface area (Å²) < 4.78 is 29.8. The maximum atomic E-state index is 14.8. The molecule has 232 valence electrons. The molecule has 2 fully saturated rings. The number of carbonyl (C=O) groups excluding carboxylic acids is 3. The second kappa shape index (κ2) is 14.1. The molecule has 14 heteroatoms. The molecule has 0 saturated carbocycles. The number of aromatic nitrogens is 3. The zero-order chi connectivity index (χ0) is 31.3. The number of benzene rings is 2. The highest BCUT2D eigenvalue weighted by atomic mass is 35.5. The van der Waals surface area contributed by atoms with Gasteiger partial charge in [-0.25, -0.2) is 18.4 Å². The second-order valence-corrected chi connectivity index (χ2v) is 12.2. The van der Waals surface area contributed by atoms with Crippen molar-refractivity contribution in [3.8, 4) is 0 Å². The number of β-amino-alcohol motifs (C(OH)–C–C–N with tert-alkyl or cyclic N) is 1. The van der Waals surface area contributed by atoms with Crippen LogP contribution in [0.25, 0.3) is 6.08 Å². The molecule has 0 spiro atoms. The monoisotopic (exact) mass is 644 g/mol. The number of carbonyl (C=O) groups is 3. The number of aldehydes is 1. The lowest BCUT2D eigenvalue weighted by atomic mass is 9.92. The fourth-order valence-corrected chi connectivity index (χ4v) is 6.48. The van der Waals surface area contributed by atoms with Gasteiger partial charge >= 0.3 is 0 Å². The summed E-state index contributed by atoms with van der Waals surface area (Å²) in [6.45, 7) is 2.18. The predicted octanol–water partition coefficient (Wildman–Crippen LogP) is 3.80. The number of nitrogens with zero attached hydrogens (tertiary/aromatic N) is 6. The van der Waals surface area contributed by atoms with Gasteiger partial charge in [0, 0.05) is 55.9 Å². The van der Waals surface area contributed by atoms with Crippen molar-refractivity contribution >= 4 is 46.9 Å². The first-order valence-corrected chi connectivity index (χ1v) is 15.3. The molecule has 1 aromatic heterocycles. The van der Waals surface area contributed by atoms with Gasteiger partial charge in [0.15, 0.2) is 0 Å². The minimum absolute atomic E-state index is 0.0436. The first-order valence-electron chi connectivity index (χ1n) is 14.1. The van der Waals surface area contributed by atoms with Gasteiger partial charge in [-0.15, -0.1) is 0 Å². The molecule has 5 rings (SSSR count). The van der Waals surface area contributed by atoms with E-state index in [2.05, 4.69) is 10.1 Å². The van der Waals surface area contributed by atoms with Crippen molar-refractivity contribution in [2.24, 2.45) is 0 Å². The van der Waals surface area contributed by atoms with Crippen LogP contribution in [0.15, 0.2) is 60.0 Å². The van der Waals surface area contributed by atoms with E-state index in [1.807, 2.05) is 9.80 Å². The van der Waals surface area contributed by atoms with Gasteiger partial charge in [-0.2, -0.15) is 5.10 Å². The standard InChI is InChI=1S/C30H31ClF2N6O4S/c31-22-5-3-21(4-6-22)14-27-28(41)39(29(42)44-27)9-1-2-24(16-40)37-12-10-36(11-13-37)17-30(43,18-38-20-34-19-35-38)25-8-7-23(32)15-26(25)33/h3-8,14-16,19-20,24,43H,1-2,9-13,17-18H2. The fraction of sp³-hybridized carbons (Fsp3) is 0.367. The average Bonchev–Trinajstić information content (AvgIpc) is 3.59. The van der Waals surface area contributed by atoms with E-state index in [-0.39, 0.29) is 36.3 Å². The van der Waals surface area contributed by atoms with Crippen LogP contribution in [0.4, 0.5) is 13.6 Å². The number of hydrogen-bond acceptors (Lipinski definition) is 9. The van der Waals surface area contributed by atoms with E-state index in [9.17, 15) is 28.3 Å². The molecule has 3 aromatic rings. The third kappa shape index (κ3) is 7.59. The van der Waals surface area contributed by atoms with Gasteiger partial charge in [0.1, 0.15) is 36.2 Å². The summed E-state index contributed by atoms with van der Waals surface area (Å²) in [6, 6.07) is 9.63. The molecule has 0 radical (unpaired) electrons. The summed E-state index contributed by atoms with van der Waals surface area (Å²) in [4.78, 5) is 46.8. The fourth-order valence-electron chi connectivity index (χ4n) is 5.49. The molecule has 1 N–H and O–H groups in total. The first kappa shape index (κ1) is 31.9. The Bertz CT molecular complexity index is 1520. The van der Waals surface area contributed by atoms with Crippen LogP contribution in [0.3, 0.4) is 0 Å². The average molecular weight is 645 g/mol. The van der Waals surface area contributed by atoms with E-state index < -0.39 is 23.3 Å². The first-order chi connectivity index (χ1) is 21.1. The van der Waals surface area contributed by atoms with Crippen molar-refractivity contribution in [1.29, 1.82) is 0 Å². The van der Waals surface area contributed by atoms with Crippen molar-refractivity contribution in [3.63, 3.8) is 0 Å². The highest BCUT2D eigenvalue weighted by Crippen LogP contribution is 2.33. The van der Waals surface area contributed by atoms with Crippen molar-refractivity contribution in [3.05, 3.63) is 87.8 Å². The van der Waals surface area contributed by atoms with E-state index in [1.54, 1.807) is 30.3 Å². The van der Waals surface area contributed by atoms with E-state index in [1.165, 1.54) is 28.3 Å². The Labute approximate surface area is 262 Å². The van der Waals surface area contributed by atoms with Gasteiger partial charge in [-0.05, 0) is 54.4 Å². The van der Waals surface area contributed by atoms with Gasteiger partial charge in [-0.3, -0.25) is 24.3 Å². The molecule has 2 unspecified atom stereocenters. The molecule has 2 amide bonds. The Hall–Kier alpha value is -3.49. The topological polar surface area (TPSA) is 112 Å². The van der Waals surface area contributed by atoms with Gasteiger partial charge in [0.05, 0.1) is 17.5 Å². The number of thioether (sulfide) groups is 1. The van der Waals surface area contributed by atoms with Crippen LogP contribution in [0.1, 0.15) is 24.0 Å². The Balaban J connectivity index is 1.15. The van der Waals surface area contributed by atoms with Crippen LogP contribution in [0, 0.1) is 11.6 Å². The summed E-state index contributed by atoms with van der Waals surface area (Å²) in [5.74, 6) is -1.95. The molecule has 2 aliphatic rings. The zero-order valence-electron chi connectivity index (χ0n) is 23.7. The van der Waals surface area contributed by atoms with Gasteiger partial charge in [0.2, 0.25) is 0 Å². The lowest BCUT2D eigenvalue weighted by molar-refractivity contribution is -0.122. The molecule has 2 atom stereocenters. The maximum absolute atomic E-state index is 14.8. The van der Waals surface area contributed by atoms with Crippen LogP contribution in [-0.4, -0.2) is 97.3 Å². The quantitative estimate of drug-likeness (QED) is 0.232. The van der Waals surface area contributed by atoms with E-state index in [4.69, 9.17) is 11.6 Å². The minimum atomic E-state index is -1.72. The van der Waals surface area contributed by atoms with Gasteiger partial charge in [-0.1, -0.05) is 29.8 Å². The molecule has 3 heterocycles. The highest BCUT2D eigenvalue weighted by Gasteiger charge is 2.38. The molecule has 0 bridgehead atoms. The van der Waals surface area contributed by atoms with Gasteiger partial charge < -0.3 is 9.90 Å².